The average molecular weight is 287 g/mol. The van der Waals surface area contributed by atoms with E-state index >= 15 is 0 Å². The summed E-state index contributed by atoms with van der Waals surface area (Å²) < 4.78 is 0.956. The fourth-order valence-corrected chi connectivity index (χ4v) is 4.05. The van der Waals surface area contributed by atoms with E-state index in [9.17, 15) is 5.26 Å². The molecule has 0 amide bonds. The van der Waals surface area contributed by atoms with Crippen LogP contribution < -0.4 is 0 Å². The average Bonchev–Trinajstić information content (AvgIpc) is 2.83. The van der Waals surface area contributed by atoms with Crippen molar-refractivity contribution in [2.45, 2.75) is 42.0 Å². The Morgan fingerprint density at radius 1 is 1.32 bits per heavy atom. The van der Waals surface area contributed by atoms with Gasteiger partial charge in [0.1, 0.15) is 11.1 Å². The SMILES string of the molecule is Cc1csc(Sc2nc3c(cc2C#N)CCCC3)n1. The molecule has 0 spiro atoms. The minimum absolute atomic E-state index is 0.679. The lowest BCUT2D eigenvalue weighted by Crippen LogP contribution is -2.07. The van der Waals surface area contributed by atoms with Gasteiger partial charge in [-0.3, -0.25) is 0 Å². The highest BCUT2D eigenvalue weighted by molar-refractivity contribution is 8.01. The Hall–Kier alpha value is -1.38. The van der Waals surface area contributed by atoms with Gasteiger partial charge in [0.15, 0.2) is 4.34 Å². The molecule has 0 radical (unpaired) electrons. The summed E-state index contributed by atoms with van der Waals surface area (Å²) in [6, 6.07) is 4.28. The maximum atomic E-state index is 9.28. The molecule has 0 atom stereocenters. The van der Waals surface area contributed by atoms with E-state index in [0.717, 1.165) is 27.9 Å². The summed E-state index contributed by atoms with van der Waals surface area (Å²) in [5.74, 6) is 0. The molecule has 0 aliphatic heterocycles. The molecule has 1 aliphatic rings. The molecule has 3 nitrogen and oxygen atoms in total. The fourth-order valence-electron chi connectivity index (χ4n) is 2.23. The quantitative estimate of drug-likeness (QED) is 0.844. The van der Waals surface area contributed by atoms with E-state index in [-0.39, 0.29) is 0 Å². The molecule has 19 heavy (non-hydrogen) atoms. The van der Waals surface area contributed by atoms with Crippen molar-refractivity contribution in [3.63, 3.8) is 0 Å². The van der Waals surface area contributed by atoms with Crippen LogP contribution in [0, 0.1) is 18.3 Å². The summed E-state index contributed by atoms with van der Waals surface area (Å²) in [6.07, 6.45) is 4.49. The van der Waals surface area contributed by atoms with E-state index in [1.165, 1.54) is 35.9 Å². The van der Waals surface area contributed by atoms with Gasteiger partial charge in [0.25, 0.3) is 0 Å². The number of rotatable bonds is 2. The molecule has 0 fully saturated rings. The number of nitriles is 1. The molecular weight excluding hydrogens is 274 g/mol. The van der Waals surface area contributed by atoms with Crippen molar-refractivity contribution < 1.29 is 0 Å². The van der Waals surface area contributed by atoms with Crippen molar-refractivity contribution in [1.82, 2.24) is 9.97 Å². The van der Waals surface area contributed by atoms with Gasteiger partial charge in [0.2, 0.25) is 0 Å². The van der Waals surface area contributed by atoms with Crippen LogP contribution in [0.1, 0.15) is 35.4 Å². The van der Waals surface area contributed by atoms with Crippen molar-refractivity contribution in [3.8, 4) is 6.07 Å². The number of aryl methyl sites for hydroxylation is 3. The maximum Gasteiger partial charge on any atom is 0.156 e. The molecular formula is C14H13N3S2. The number of pyridine rings is 1. The van der Waals surface area contributed by atoms with Crippen LogP contribution in [0.25, 0.3) is 0 Å². The predicted molar refractivity (Wildman–Crippen MR) is 76.6 cm³/mol. The van der Waals surface area contributed by atoms with E-state index < -0.39 is 0 Å². The van der Waals surface area contributed by atoms with Gasteiger partial charge < -0.3 is 0 Å². The largest absolute Gasteiger partial charge is 0.244 e. The summed E-state index contributed by atoms with van der Waals surface area (Å²) in [6.45, 7) is 1.98. The van der Waals surface area contributed by atoms with Crippen LogP contribution in [0.5, 0.6) is 0 Å². The van der Waals surface area contributed by atoms with Gasteiger partial charge in [0, 0.05) is 16.8 Å². The minimum atomic E-state index is 0.679. The van der Waals surface area contributed by atoms with Gasteiger partial charge in [-0.05, 0) is 56.0 Å². The zero-order chi connectivity index (χ0) is 13.2. The number of hydrogen-bond acceptors (Lipinski definition) is 5. The number of nitrogens with zero attached hydrogens (tertiary/aromatic N) is 3. The third kappa shape index (κ3) is 2.65. The summed E-state index contributed by atoms with van der Waals surface area (Å²) >= 11 is 3.11. The third-order valence-corrected chi connectivity index (χ3v) is 5.23. The lowest BCUT2D eigenvalue weighted by Gasteiger charge is -2.16. The first-order valence-electron chi connectivity index (χ1n) is 6.29. The fraction of sp³-hybridized carbons (Fsp3) is 0.357. The molecule has 2 aromatic heterocycles. The standard InChI is InChI=1S/C14H13N3S2/c1-9-8-18-14(16-9)19-13-11(7-15)6-10-4-2-3-5-12(10)17-13/h6,8H,2-5H2,1H3. The van der Waals surface area contributed by atoms with Gasteiger partial charge in [-0.2, -0.15) is 5.26 Å². The van der Waals surface area contributed by atoms with Crippen LogP contribution in [-0.2, 0) is 12.8 Å². The lowest BCUT2D eigenvalue weighted by atomic mass is 9.95. The van der Waals surface area contributed by atoms with Crippen LogP contribution in [0.3, 0.4) is 0 Å². The van der Waals surface area contributed by atoms with Crippen LogP contribution in [0.4, 0.5) is 0 Å². The molecule has 5 heteroatoms. The molecule has 0 unspecified atom stereocenters. The number of fused-ring (bicyclic) bond motifs is 1. The van der Waals surface area contributed by atoms with Gasteiger partial charge in [-0.1, -0.05) is 0 Å². The zero-order valence-electron chi connectivity index (χ0n) is 10.6. The second kappa shape index (κ2) is 5.32. The summed E-state index contributed by atoms with van der Waals surface area (Å²) in [7, 11) is 0. The van der Waals surface area contributed by atoms with Crippen molar-refractivity contribution in [2.24, 2.45) is 0 Å². The summed E-state index contributed by atoms with van der Waals surface area (Å²) in [5.41, 5.74) is 4.12. The molecule has 3 rings (SSSR count). The lowest BCUT2D eigenvalue weighted by molar-refractivity contribution is 0.660. The third-order valence-electron chi connectivity index (χ3n) is 3.17. The van der Waals surface area contributed by atoms with Crippen LogP contribution in [-0.4, -0.2) is 9.97 Å². The van der Waals surface area contributed by atoms with Crippen molar-refractivity contribution in [1.29, 1.82) is 5.26 Å². The smallest absolute Gasteiger partial charge is 0.156 e. The van der Waals surface area contributed by atoms with Crippen LogP contribution in [0.15, 0.2) is 20.8 Å². The Kier molecular flexibility index (Phi) is 3.54. The topological polar surface area (TPSA) is 49.6 Å². The highest BCUT2D eigenvalue weighted by Gasteiger charge is 2.16. The minimum Gasteiger partial charge on any atom is -0.244 e. The molecule has 1 aliphatic carbocycles. The zero-order valence-corrected chi connectivity index (χ0v) is 12.3. The molecule has 0 aromatic carbocycles. The second-order valence-corrected chi connectivity index (χ2v) is 6.72. The van der Waals surface area contributed by atoms with Gasteiger partial charge >= 0.3 is 0 Å². The Labute approximate surface area is 120 Å². The number of thiazole rings is 1. The normalized spacial score (nSPS) is 13.9. The van der Waals surface area contributed by atoms with Crippen LogP contribution >= 0.6 is 23.1 Å². The van der Waals surface area contributed by atoms with Crippen molar-refractivity contribution in [3.05, 3.63) is 34.0 Å². The Balaban J connectivity index is 1.98. The molecule has 0 N–H and O–H groups in total. The first kappa shape index (κ1) is 12.6. The number of aromatic nitrogens is 2. The van der Waals surface area contributed by atoms with E-state index in [2.05, 4.69) is 11.1 Å². The van der Waals surface area contributed by atoms with Crippen molar-refractivity contribution in [2.75, 3.05) is 0 Å². The monoisotopic (exact) mass is 287 g/mol. The molecule has 2 aromatic rings. The van der Waals surface area contributed by atoms with Gasteiger partial charge in [-0.15, -0.1) is 11.3 Å². The number of hydrogen-bond donors (Lipinski definition) is 0. The van der Waals surface area contributed by atoms with E-state index in [1.807, 2.05) is 18.4 Å². The Morgan fingerprint density at radius 3 is 2.89 bits per heavy atom. The first-order valence-corrected chi connectivity index (χ1v) is 7.99. The molecule has 2 heterocycles. The van der Waals surface area contributed by atoms with Crippen molar-refractivity contribution >= 4 is 23.1 Å². The van der Waals surface area contributed by atoms with Gasteiger partial charge in [0.05, 0.1) is 5.56 Å². The Morgan fingerprint density at radius 2 is 2.16 bits per heavy atom. The molecule has 96 valence electrons. The Bertz CT molecular complexity index is 655. The first-order chi connectivity index (χ1) is 9.26. The van der Waals surface area contributed by atoms with E-state index in [0.29, 0.717) is 5.56 Å². The molecule has 0 bridgehead atoms. The molecule has 0 saturated heterocycles. The maximum absolute atomic E-state index is 9.28. The molecule has 0 saturated carbocycles. The highest BCUT2D eigenvalue weighted by atomic mass is 32.2. The summed E-state index contributed by atoms with van der Waals surface area (Å²) in [4.78, 5) is 9.12. The van der Waals surface area contributed by atoms with Gasteiger partial charge in [-0.25, -0.2) is 9.97 Å². The van der Waals surface area contributed by atoms with Crippen LogP contribution in [0.2, 0.25) is 0 Å². The van der Waals surface area contributed by atoms with E-state index in [1.54, 1.807) is 11.3 Å². The van der Waals surface area contributed by atoms with E-state index in [4.69, 9.17) is 4.98 Å². The highest BCUT2D eigenvalue weighted by Crippen LogP contribution is 2.33. The predicted octanol–water partition coefficient (Wildman–Crippen LogP) is 3.75. The second-order valence-electron chi connectivity index (χ2n) is 4.62. The summed E-state index contributed by atoms with van der Waals surface area (Å²) in [5, 5.41) is 12.1.